The summed E-state index contributed by atoms with van der Waals surface area (Å²) in [5.74, 6) is -2.78. The van der Waals surface area contributed by atoms with Gasteiger partial charge in [-0.25, -0.2) is 0 Å². The third-order valence-electron chi connectivity index (χ3n) is 3.96. The van der Waals surface area contributed by atoms with Gasteiger partial charge in [-0.3, -0.25) is 14.4 Å². The van der Waals surface area contributed by atoms with Gasteiger partial charge in [-0.1, -0.05) is 13.8 Å². The van der Waals surface area contributed by atoms with E-state index in [0.29, 0.717) is 12.8 Å². The highest BCUT2D eigenvalue weighted by Gasteiger charge is 2.42. The highest BCUT2D eigenvalue weighted by atomic mass is 16.5. The maximum absolute atomic E-state index is 12.4. The second-order valence-electron chi connectivity index (χ2n) is 5.77. The number of esters is 1. The van der Waals surface area contributed by atoms with Crippen LogP contribution in [0.5, 0.6) is 0 Å². The van der Waals surface area contributed by atoms with E-state index in [-0.39, 0.29) is 24.3 Å². The summed E-state index contributed by atoms with van der Waals surface area (Å²) in [7, 11) is 2.91. The summed E-state index contributed by atoms with van der Waals surface area (Å²) < 4.78 is 4.62. The molecule has 1 rings (SSSR count). The summed E-state index contributed by atoms with van der Waals surface area (Å²) in [5, 5.41) is 9.20. The van der Waals surface area contributed by atoms with Crippen LogP contribution in [-0.4, -0.2) is 48.6 Å². The number of rotatable bonds is 5. The van der Waals surface area contributed by atoms with Crippen LogP contribution in [0.3, 0.4) is 0 Å². The lowest BCUT2D eigenvalue weighted by Crippen LogP contribution is -2.40. The number of carbonyl (C=O) groups is 3. The van der Waals surface area contributed by atoms with Crippen LogP contribution in [0.25, 0.3) is 0 Å². The minimum atomic E-state index is -0.915. The molecule has 0 aliphatic heterocycles. The molecule has 6 nitrogen and oxygen atoms in total. The van der Waals surface area contributed by atoms with Gasteiger partial charge in [0.15, 0.2) is 0 Å². The molecule has 2 unspecified atom stereocenters. The fraction of sp³-hybridized carbons (Fsp3) is 0.786. The Morgan fingerprint density at radius 3 is 2.35 bits per heavy atom. The van der Waals surface area contributed by atoms with Gasteiger partial charge in [-0.15, -0.1) is 0 Å². The number of ether oxygens (including phenoxy) is 1. The van der Waals surface area contributed by atoms with E-state index in [2.05, 4.69) is 4.74 Å². The number of carbonyl (C=O) groups excluding carboxylic acids is 2. The Balaban J connectivity index is 2.68. The van der Waals surface area contributed by atoms with E-state index in [1.54, 1.807) is 14.0 Å². The Labute approximate surface area is 119 Å². The van der Waals surface area contributed by atoms with Crippen molar-refractivity contribution in [2.45, 2.75) is 26.7 Å². The topological polar surface area (TPSA) is 83.9 Å². The summed E-state index contributed by atoms with van der Waals surface area (Å²) in [5.41, 5.74) is 0. The summed E-state index contributed by atoms with van der Waals surface area (Å²) in [4.78, 5) is 36.4. The van der Waals surface area contributed by atoms with Crippen molar-refractivity contribution in [1.82, 2.24) is 4.90 Å². The van der Waals surface area contributed by atoms with E-state index in [0.717, 1.165) is 0 Å². The van der Waals surface area contributed by atoms with Crippen molar-refractivity contribution in [3.05, 3.63) is 0 Å². The second-order valence-corrected chi connectivity index (χ2v) is 5.77. The van der Waals surface area contributed by atoms with Gasteiger partial charge in [0.1, 0.15) is 0 Å². The summed E-state index contributed by atoms with van der Waals surface area (Å²) in [6.07, 6.45) is 1.12. The lowest BCUT2D eigenvalue weighted by Gasteiger charge is -2.25. The summed E-state index contributed by atoms with van der Waals surface area (Å²) in [6, 6.07) is 0. The van der Waals surface area contributed by atoms with Gasteiger partial charge in [0.05, 0.1) is 24.9 Å². The van der Waals surface area contributed by atoms with Crippen LogP contribution in [-0.2, 0) is 19.1 Å². The Kier molecular flexibility index (Phi) is 5.53. The second kappa shape index (κ2) is 6.72. The number of carboxylic acids is 1. The number of aliphatic carboxylic acids is 1. The van der Waals surface area contributed by atoms with Crippen molar-refractivity contribution in [2.75, 3.05) is 20.7 Å². The molecule has 0 aromatic rings. The van der Waals surface area contributed by atoms with Crippen LogP contribution in [0.15, 0.2) is 0 Å². The van der Waals surface area contributed by atoms with Crippen molar-refractivity contribution >= 4 is 17.8 Å². The molecule has 0 radical (unpaired) electrons. The number of hydrogen-bond acceptors (Lipinski definition) is 4. The number of hydrogen-bond donors (Lipinski definition) is 1. The van der Waals surface area contributed by atoms with Gasteiger partial charge >= 0.3 is 11.9 Å². The molecule has 4 atom stereocenters. The van der Waals surface area contributed by atoms with Crippen molar-refractivity contribution in [3.63, 3.8) is 0 Å². The third kappa shape index (κ3) is 3.71. The fourth-order valence-electron chi connectivity index (χ4n) is 2.90. The number of carboxylic acid groups (broad SMARTS) is 1. The quantitative estimate of drug-likeness (QED) is 0.762. The predicted molar refractivity (Wildman–Crippen MR) is 71.8 cm³/mol. The minimum absolute atomic E-state index is 0.197. The van der Waals surface area contributed by atoms with Crippen LogP contribution in [0.4, 0.5) is 0 Å². The fourth-order valence-corrected chi connectivity index (χ4v) is 2.90. The molecule has 114 valence electrons. The molecule has 0 saturated heterocycles. The van der Waals surface area contributed by atoms with Crippen LogP contribution < -0.4 is 0 Å². The first-order chi connectivity index (χ1) is 9.27. The van der Waals surface area contributed by atoms with Crippen molar-refractivity contribution in [3.8, 4) is 0 Å². The Morgan fingerprint density at radius 1 is 1.30 bits per heavy atom. The number of methoxy groups -OCH3 is 1. The van der Waals surface area contributed by atoms with E-state index in [4.69, 9.17) is 0 Å². The smallest absolute Gasteiger partial charge is 0.310 e. The molecular weight excluding hydrogens is 262 g/mol. The van der Waals surface area contributed by atoms with Crippen molar-refractivity contribution in [2.24, 2.45) is 23.7 Å². The first-order valence-electron chi connectivity index (χ1n) is 6.83. The molecule has 1 amide bonds. The van der Waals surface area contributed by atoms with Crippen LogP contribution in [0.1, 0.15) is 26.7 Å². The SMILES string of the molecule is COC(=O)C(C)CN(C)C(=O)[C@H]1CC(C)C[C@H]1C(=O)O. The normalized spacial score (nSPS) is 26.9. The minimum Gasteiger partial charge on any atom is -0.481 e. The highest BCUT2D eigenvalue weighted by Crippen LogP contribution is 2.37. The number of nitrogens with zero attached hydrogens (tertiary/aromatic N) is 1. The Bertz CT molecular complexity index is 395. The molecule has 1 fully saturated rings. The van der Waals surface area contributed by atoms with Gasteiger partial charge in [0, 0.05) is 13.6 Å². The average molecular weight is 285 g/mol. The molecule has 1 aliphatic rings. The molecular formula is C14H23NO5. The Morgan fingerprint density at radius 2 is 1.85 bits per heavy atom. The first-order valence-corrected chi connectivity index (χ1v) is 6.83. The van der Waals surface area contributed by atoms with Gasteiger partial charge in [0.25, 0.3) is 0 Å². The van der Waals surface area contributed by atoms with E-state index in [9.17, 15) is 19.5 Å². The summed E-state index contributed by atoms with van der Waals surface area (Å²) in [6.45, 7) is 3.88. The molecule has 0 aromatic heterocycles. The molecule has 1 saturated carbocycles. The van der Waals surface area contributed by atoms with E-state index >= 15 is 0 Å². The van der Waals surface area contributed by atoms with Gasteiger partial charge < -0.3 is 14.7 Å². The largest absolute Gasteiger partial charge is 0.481 e. The maximum atomic E-state index is 12.4. The molecule has 0 heterocycles. The lowest BCUT2D eigenvalue weighted by molar-refractivity contribution is -0.150. The standard InChI is InChI=1S/C14H23NO5/c1-8-5-10(11(6-8)13(17)18)12(16)15(3)7-9(2)14(19)20-4/h8-11H,5-7H2,1-4H3,(H,17,18)/t8?,9?,10-,11+/m0/s1. The molecule has 0 aromatic carbocycles. The van der Waals surface area contributed by atoms with Gasteiger partial charge in [-0.2, -0.15) is 0 Å². The molecule has 0 spiro atoms. The molecule has 0 bridgehead atoms. The highest BCUT2D eigenvalue weighted by molar-refractivity contribution is 5.85. The number of amides is 1. The zero-order valence-electron chi connectivity index (χ0n) is 12.5. The summed E-state index contributed by atoms with van der Waals surface area (Å²) >= 11 is 0. The average Bonchev–Trinajstić information content (AvgIpc) is 2.78. The molecule has 20 heavy (non-hydrogen) atoms. The predicted octanol–water partition coefficient (Wildman–Crippen LogP) is 1.00. The van der Waals surface area contributed by atoms with Crippen LogP contribution in [0, 0.1) is 23.7 Å². The van der Waals surface area contributed by atoms with Gasteiger partial charge in [-0.05, 0) is 18.8 Å². The van der Waals surface area contributed by atoms with E-state index in [1.165, 1.54) is 12.0 Å². The van der Waals surface area contributed by atoms with Crippen LogP contribution in [0.2, 0.25) is 0 Å². The van der Waals surface area contributed by atoms with Crippen LogP contribution >= 0.6 is 0 Å². The first kappa shape index (κ1) is 16.5. The zero-order chi connectivity index (χ0) is 15.4. The molecule has 1 N–H and O–H groups in total. The maximum Gasteiger partial charge on any atom is 0.310 e. The van der Waals surface area contributed by atoms with E-state index in [1.807, 2.05) is 6.92 Å². The third-order valence-corrected chi connectivity index (χ3v) is 3.96. The Hall–Kier alpha value is -1.59. The lowest BCUT2D eigenvalue weighted by atomic mass is 9.94. The van der Waals surface area contributed by atoms with Gasteiger partial charge in [0.2, 0.25) is 5.91 Å². The van der Waals surface area contributed by atoms with Crippen molar-refractivity contribution < 1.29 is 24.2 Å². The molecule has 1 aliphatic carbocycles. The monoisotopic (exact) mass is 285 g/mol. The van der Waals surface area contributed by atoms with Crippen molar-refractivity contribution in [1.29, 1.82) is 0 Å². The zero-order valence-corrected chi connectivity index (χ0v) is 12.5. The molecule has 6 heteroatoms. The van der Waals surface area contributed by atoms with E-state index < -0.39 is 23.7 Å².